The molecular weight excluding hydrogens is 263 g/mol. The number of halogens is 3. The number of aliphatic hydroxyl groups is 1. The van der Waals surface area contributed by atoms with Crippen molar-refractivity contribution in [2.24, 2.45) is 11.8 Å². The van der Waals surface area contributed by atoms with Crippen LogP contribution in [-0.2, 0) is 9.53 Å². The minimum Gasteiger partial charge on any atom is -0.389 e. The second-order valence-electron chi connectivity index (χ2n) is 4.89. The second kappa shape index (κ2) is 7.09. The summed E-state index contributed by atoms with van der Waals surface area (Å²) in [6, 6.07) is 0. The lowest BCUT2D eigenvalue weighted by atomic mass is 9.78. The van der Waals surface area contributed by atoms with E-state index in [1.165, 1.54) is 7.11 Å². The first-order valence-corrected chi connectivity index (χ1v) is 6.37. The maximum absolute atomic E-state index is 12.8. The first-order valence-electron chi connectivity index (χ1n) is 6.37. The molecule has 3 atom stereocenters. The number of carbonyl (C=O) groups excluding carboxylic acids is 1. The Morgan fingerprint density at radius 3 is 2.63 bits per heavy atom. The Hall–Kier alpha value is -0.820. The maximum atomic E-state index is 12.8. The molecule has 0 bridgehead atoms. The predicted molar refractivity (Wildman–Crippen MR) is 62.4 cm³/mol. The number of alkyl halides is 3. The quantitative estimate of drug-likeness (QED) is 0.803. The van der Waals surface area contributed by atoms with E-state index in [1.54, 1.807) is 0 Å². The molecule has 7 heteroatoms. The van der Waals surface area contributed by atoms with Crippen LogP contribution in [0.25, 0.3) is 0 Å². The van der Waals surface area contributed by atoms with Crippen LogP contribution in [0.1, 0.15) is 25.7 Å². The van der Waals surface area contributed by atoms with Crippen molar-refractivity contribution in [1.82, 2.24) is 5.32 Å². The van der Waals surface area contributed by atoms with E-state index in [-0.39, 0.29) is 26.0 Å². The van der Waals surface area contributed by atoms with E-state index in [0.717, 1.165) is 0 Å². The topological polar surface area (TPSA) is 58.6 Å². The Morgan fingerprint density at radius 1 is 1.42 bits per heavy atom. The number of hydrogen-bond acceptors (Lipinski definition) is 3. The largest absolute Gasteiger partial charge is 0.392 e. The molecule has 1 aliphatic rings. The summed E-state index contributed by atoms with van der Waals surface area (Å²) in [6.07, 6.45) is -3.86. The number of rotatable bonds is 5. The van der Waals surface area contributed by atoms with Crippen molar-refractivity contribution in [2.75, 3.05) is 20.3 Å². The van der Waals surface area contributed by atoms with Crippen molar-refractivity contribution in [3.05, 3.63) is 0 Å². The summed E-state index contributed by atoms with van der Waals surface area (Å²) in [5.74, 6) is -3.23. The fourth-order valence-electron chi connectivity index (χ4n) is 2.44. The van der Waals surface area contributed by atoms with Crippen LogP contribution in [-0.4, -0.2) is 43.6 Å². The second-order valence-corrected chi connectivity index (χ2v) is 4.89. The number of nitrogens with one attached hydrogen (secondary N) is 1. The summed E-state index contributed by atoms with van der Waals surface area (Å²) in [7, 11) is 1.39. The molecule has 1 rings (SSSR count). The molecule has 0 spiro atoms. The molecule has 1 amide bonds. The lowest BCUT2D eigenvalue weighted by Gasteiger charge is -2.32. The zero-order valence-electron chi connectivity index (χ0n) is 10.9. The molecule has 1 fully saturated rings. The standard InChI is InChI=1S/C12H20F3NO3/c1-19-7-8(17)6-16-11(18)9-4-2-3-5-10(9)12(13,14)15/h8-10,17H,2-7H2,1H3,(H,16,18). The van der Waals surface area contributed by atoms with Crippen molar-refractivity contribution in [2.45, 2.75) is 38.0 Å². The fourth-order valence-corrected chi connectivity index (χ4v) is 2.44. The Labute approximate surface area is 110 Å². The van der Waals surface area contributed by atoms with Gasteiger partial charge in [0.15, 0.2) is 0 Å². The van der Waals surface area contributed by atoms with Gasteiger partial charge in [-0.15, -0.1) is 0 Å². The molecule has 0 saturated heterocycles. The van der Waals surface area contributed by atoms with Gasteiger partial charge in [-0.3, -0.25) is 4.79 Å². The highest BCUT2D eigenvalue weighted by molar-refractivity contribution is 5.79. The molecule has 19 heavy (non-hydrogen) atoms. The molecule has 112 valence electrons. The van der Waals surface area contributed by atoms with Gasteiger partial charge in [0.25, 0.3) is 0 Å². The van der Waals surface area contributed by atoms with Gasteiger partial charge in [-0.05, 0) is 12.8 Å². The highest BCUT2D eigenvalue weighted by Crippen LogP contribution is 2.41. The molecule has 0 aliphatic heterocycles. The number of aliphatic hydroxyl groups excluding tert-OH is 1. The monoisotopic (exact) mass is 283 g/mol. The maximum Gasteiger partial charge on any atom is 0.392 e. The summed E-state index contributed by atoms with van der Waals surface area (Å²) in [4.78, 5) is 11.8. The Bertz CT molecular complexity index is 296. The molecule has 1 aliphatic carbocycles. The van der Waals surface area contributed by atoms with Crippen LogP contribution < -0.4 is 5.32 Å². The minimum absolute atomic E-state index is 0.00219. The van der Waals surface area contributed by atoms with E-state index in [4.69, 9.17) is 0 Å². The average molecular weight is 283 g/mol. The van der Waals surface area contributed by atoms with Gasteiger partial charge < -0.3 is 15.2 Å². The Morgan fingerprint density at radius 2 is 2.05 bits per heavy atom. The summed E-state index contributed by atoms with van der Waals surface area (Å²) >= 11 is 0. The Balaban J connectivity index is 2.53. The van der Waals surface area contributed by atoms with Gasteiger partial charge in [0.2, 0.25) is 5.91 Å². The van der Waals surface area contributed by atoms with E-state index in [0.29, 0.717) is 12.8 Å². The van der Waals surface area contributed by atoms with Crippen LogP contribution in [0.4, 0.5) is 13.2 Å². The van der Waals surface area contributed by atoms with Gasteiger partial charge in [-0.25, -0.2) is 0 Å². The van der Waals surface area contributed by atoms with Crippen molar-refractivity contribution < 1.29 is 27.8 Å². The smallest absolute Gasteiger partial charge is 0.389 e. The van der Waals surface area contributed by atoms with Crippen LogP contribution in [0, 0.1) is 11.8 Å². The molecule has 0 heterocycles. The normalized spacial score (nSPS) is 25.9. The first-order chi connectivity index (χ1) is 8.86. The zero-order chi connectivity index (χ0) is 14.5. The molecule has 0 aromatic heterocycles. The van der Waals surface area contributed by atoms with Crippen molar-refractivity contribution in [3.63, 3.8) is 0 Å². The number of hydrogen-bond donors (Lipinski definition) is 2. The highest BCUT2D eigenvalue weighted by Gasteiger charge is 2.47. The van der Waals surface area contributed by atoms with Gasteiger partial charge >= 0.3 is 6.18 Å². The molecule has 0 aromatic carbocycles. The molecule has 1 saturated carbocycles. The first kappa shape index (κ1) is 16.2. The summed E-state index contributed by atoms with van der Waals surface area (Å²) in [5, 5.41) is 11.7. The lowest BCUT2D eigenvalue weighted by Crippen LogP contribution is -2.44. The van der Waals surface area contributed by atoms with Gasteiger partial charge in [-0.1, -0.05) is 12.8 Å². The third-order valence-electron chi connectivity index (χ3n) is 3.39. The van der Waals surface area contributed by atoms with Crippen LogP contribution in [0.5, 0.6) is 0 Å². The van der Waals surface area contributed by atoms with Crippen LogP contribution in [0.2, 0.25) is 0 Å². The van der Waals surface area contributed by atoms with Crippen LogP contribution in [0.15, 0.2) is 0 Å². The fraction of sp³-hybridized carbons (Fsp3) is 0.917. The van der Waals surface area contributed by atoms with E-state index < -0.39 is 30.0 Å². The van der Waals surface area contributed by atoms with Crippen molar-refractivity contribution in [1.29, 1.82) is 0 Å². The molecule has 0 radical (unpaired) electrons. The van der Waals surface area contributed by atoms with Gasteiger partial charge in [0, 0.05) is 19.6 Å². The Kier molecular flexibility index (Phi) is 6.06. The van der Waals surface area contributed by atoms with Gasteiger partial charge in [-0.2, -0.15) is 13.2 Å². The van der Waals surface area contributed by atoms with Crippen LogP contribution >= 0.6 is 0 Å². The predicted octanol–water partition coefficient (Wildman–Crippen LogP) is 1.48. The molecule has 3 unspecified atom stereocenters. The van der Waals surface area contributed by atoms with E-state index in [9.17, 15) is 23.1 Å². The van der Waals surface area contributed by atoms with Crippen molar-refractivity contribution in [3.8, 4) is 0 Å². The van der Waals surface area contributed by atoms with Crippen molar-refractivity contribution >= 4 is 5.91 Å². The lowest BCUT2D eigenvalue weighted by molar-refractivity contribution is -0.198. The summed E-state index contributed by atoms with van der Waals surface area (Å²) < 4.78 is 43.1. The van der Waals surface area contributed by atoms with Gasteiger partial charge in [0.05, 0.1) is 18.6 Å². The molecule has 0 aromatic rings. The molecule has 2 N–H and O–H groups in total. The van der Waals surface area contributed by atoms with E-state index in [2.05, 4.69) is 10.1 Å². The minimum atomic E-state index is -4.34. The zero-order valence-corrected chi connectivity index (χ0v) is 10.9. The van der Waals surface area contributed by atoms with E-state index in [1.807, 2.05) is 0 Å². The third kappa shape index (κ3) is 4.99. The number of amides is 1. The summed E-state index contributed by atoms with van der Waals surface area (Å²) in [6.45, 7) is -0.0542. The number of carbonyl (C=O) groups is 1. The van der Waals surface area contributed by atoms with E-state index >= 15 is 0 Å². The van der Waals surface area contributed by atoms with Crippen LogP contribution in [0.3, 0.4) is 0 Å². The highest BCUT2D eigenvalue weighted by atomic mass is 19.4. The number of ether oxygens (including phenoxy) is 1. The molecular formula is C12H20F3NO3. The molecule has 4 nitrogen and oxygen atoms in total. The third-order valence-corrected chi connectivity index (χ3v) is 3.39. The van der Waals surface area contributed by atoms with Gasteiger partial charge in [0.1, 0.15) is 0 Å². The number of methoxy groups -OCH3 is 1. The summed E-state index contributed by atoms with van der Waals surface area (Å²) in [5.41, 5.74) is 0. The SMILES string of the molecule is COCC(O)CNC(=O)C1CCCCC1C(F)(F)F. The average Bonchev–Trinajstić information content (AvgIpc) is 2.35.